The fourth-order valence-corrected chi connectivity index (χ4v) is 5.38. The molecule has 0 saturated carbocycles. The Morgan fingerprint density at radius 3 is 2.06 bits per heavy atom. The highest BCUT2D eigenvalue weighted by Gasteiger charge is 2.27. The van der Waals surface area contributed by atoms with Crippen LogP contribution >= 0.6 is 0 Å². The van der Waals surface area contributed by atoms with E-state index in [2.05, 4.69) is 94.7 Å². The Morgan fingerprint density at radius 1 is 0.556 bits per heavy atom. The second kappa shape index (κ2) is 8.76. The molecule has 36 heavy (non-hydrogen) atoms. The predicted octanol–water partition coefficient (Wildman–Crippen LogP) is 6.39. The van der Waals surface area contributed by atoms with Crippen molar-refractivity contribution in [3.8, 4) is 22.4 Å². The minimum Gasteiger partial charge on any atom is -0.342 e. The Bertz CT molecular complexity index is 1590. The lowest BCUT2D eigenvalue weighted by Gasteiger charge is -2.40. The average molecular weight is 470 g/mol. The molecule has 2 aromatic heterocycles. The summed E-state index contributed by atoms with van der Waals surface area (Å²) >= 11 is 0. The smallest absolute Gasteiger partial charge is 0.202 e. The van der Waals surface area contributed by atoms with Crippen molar-refractivity contribution in [1.29, 1.82) is 0 Å². The number of fused-ring (bicyclic) bond motifs is 4. The third kappa shape index (κ3) is 3.68. The number of hydrogen-bond acceptors (Lipinski definition) is 5. The zero-order chi connectivity index (χ0) is 23.9. The van der Waals surface area contributed by atoms with Gasteiger partial charge in [0.1, 0.15) is 5.82 Å². The first kappa shape index (κ1) is 21.1. The number of guanidine groups is 1. The number of nitrogens with zero attached hydrogens (tertiary/aromatic N) is 5. The summed E-state index contributed by atoms with van der Waals surface area (Å²) in [5.41, 5.74) is 6.38. The summed E-state index contributed by atoms with van der Waals surface area (Å²) in [4.78, 5) is 19.8. The molecule has 0 amide bonds. The molecule has 7 rings (SSSR count). The molecule has 0 bridgehead atoms. The topological polar surface area (TPSA) is 44.6 Å². The lowest BCUT2D eigenvalue weighted by molar-refractivity contribution is 0.359. The fourth-order valence-electron chi connectivity index (χ4n) is 5.38. The largest absolute Gasteiger partial charge is 0.342 e. The SMILES string of the molecule is c1ccc(-c2ccc(-c3ccc4ccc5ccc(N6CCCN7CCCN=C76)nc5c4n3)cc2)cc1. The number of benzene rings is 3. The molecule has 0 spiro atoms. The van der Waals surface area contributed by atoms with Crippen molar-refractivity contribution in [3.05, 3.63) is 91.0 Å². The van der Waals surface area contributed by atoms with Crippen LogP contribution in [-0.4, -0.2) is 47.0 Å². The van der Waals surface area contributed by atoms with Crippen molar-refractivity contribution in [3.63, 3.8) is 0 Å². The van der Waals surface area contributed by atoms with Gasteiger partial charge in [0.25, 0.3) is 0 Å². The monoisotopic (exact) mass is 469 g/mol. The minimum atomic E-state index is 0.896. The first-order valence-corrected chi connectivity index (χ1v) is 12.8. The van der Waals surface area contributed by atoms with Crippen LogP contribution in [0.5, 0.6) is 0 Å². The van der Waals surface area contributed by atoms with Crippen molar-refractivity contribution in [1.82, 2.24) is 14.9 Å². The summed E-state index contributed by atoms with van der Waals surface area (Å²) < 4.78 is 0. The van der Waals surface area contributed by atoms with Gasteiger partial charge in [-0.2, -0.15) is 0 Å². The number of anilines is 1. The van der Waals surface area contributed by atoms with Crippen molar-refractivity contribution in [2.45, 2.75) is 12.8 Å². The Hall–Kier alpha value is -4.25. The first-order chi connectivity index (χ1) is 17.8. The zero-order valence-corrected chi connectivity index (χ0v) is 20.1. The zero-order valence-electron chi connectivity index (χ0n) is 20.1. The van der Waals surface area contributed by atoms with Gasteiger partial charge in [0, 0.05) is 42.5 Å². The molecule has 176 valence electrons. The van der Waals surface area contributed by atoms with E-state index in [-0.39, 0.29) is 0 Å². The standard InChI is InChI=1S/C31H27N5/c1-2-6-22(7-3-1)23-8-10-24(11-9-23)27-16-14-25-12-13-26-15-17-28(34-30(26)29(25)33-27)36-21-5-20-35-19-4-18-32-31(35)36/h1-3,6-17H,4-5,18-21H2. The van der Waals surface area contributed by atoms with Gasteiger partial charge in [-0.25, -0.2) is 9.97 Å². The summed E-state index contributed by atoms with van der Waals surface area (Å²) in [6.07, 6.45) is 2.25. The Kier molecular flexibility index (Phi) is 5.12. The van der Waals surface area contributed by atoms with E-state index >= 15 is 0 Å². The van der Waals surface area contributed by atoms with Crippen LogP contribution in [-0.2, 0) is 0 Å². The van der Waals surface area contributed by atoms with Gasteiger partial charge >= 0.3 is 0 Å². The van der Waals surface area contributed by atoms with E-state index in [4.69, 9.17) is 15.0 Å². The summed E-state index contributed by atoms with van der Waals surface area (Å²) in [7, 11) is 0. The number of aromatic nitrogens is 2. The van der Waals surface area contributed by atoms with Gasteiger partial charge < -0.3 is 4.90 Å². The van der Waals surface area contributed by atoms with Gasteiger partial charge in [-0.1, -0.05) is 72.8 Å². The molecule has 5 nitrogen and oxygen atoms in total. The molecule has 1 fully saturated rings. The van der Waals surface area contributed by atoms with Gasteiger partial charge in [0.15, 0.2) is 0 Å². The molecule has 5 heteroatoms. The Labute approximate surface area is 210 Å². The fraction of sp³-hybridized carbons (Fsp3) is 0.194. The Balaban J connectivity index is 1.30. The maximum Gasteiger partial charge on any atom is 0.202 e. The van der Waals surface area contributed by atoms with Crippen molar-refractivity contribution in [2.75, 3.05) is 31.1 Å². The van der Waals surface area contributed by atoms with Gasteiger partial charge in [0.05, 0.1) is 16.7 Å². The quantitative estimate of drug-likeness (QED) is 0.287. The highest BCUT2D eigenvalue weighted by atomic mass is 15.4. The van der Waals surface area contributed by atoms with Gasteiger partial charge in [-0.15, -0.1) is 0 Å². The molecule has 0 N–H and O–H groups in total. The van der Waals surface area contributed by atoms with Gasteiger partial charge in [-0.3, -0.25) is 9.89 Å². The van der Waals surface area contributed by atoms with E-state index in [0.717, 1.165) is 83.9 Å². The minimum absolute atomic E-state index is 0.896. The maximum absolute atomic E-state index is 5.16. The third-order valence-corrected chi connectivity index (χ3v) is 7.24. The number of rotatable bonds is 3. The van der Waals surface area contributed by atoms with Crippen LogP contribution in [0.3, 0.4) is 0 Å². The van der Waals surface area contributed by atoms with E-state index in [9.17, 15) is 0 Å². The molecule has 2 aliphatic rings. The van der Waals surface area contributed by atoms with Crippen LogP contribution in [0, 0.1) is 0 Å². The van der Waals surface area contributed by atoms with Crippen molar-refractivity contribution < 1.29 is 0 Å². The second-order valence-corrected chi connectivity index (χ2v) is 9.55. The normalized spacial score (nSPS) is 15.7. The maximum atomic E-state index is 5.16. The van der Waals surface area contributed by atoms with Crippen LogP contribution in [0.25, 0.3) is 44.2 Å². The molecule has 5 aromatic rings. The predicted molar refractivity (Wildman–Crippen MR) is 148 cm³/mol. The van der Waals surface area contributed by atoms with E-state index in [1.807, 2.05) is 6.07 Å². The van der Waals surface area contributed by atoms with Crippen LogP contribution < -0.4 is 4.90 Å². The van der Waals surface area contributed by atoms with E-state index in [1.165, 1.54) is 11.1 Å². The molecule has 0 radical (unpaired) electrons. The summed E-state index contributed by atoms with van der Waals surface area (Å²) in [5.74, 6) is 2.03. The lowest BCUT2D eigenvalue weighted by Crippen LogP contribution is -2.52. The van der Waals surface area contributed by atoms with Crippen molar-refractivity contribution >= 4 is 33.6 Å². The Morgan fingerprint density at radius 2 is 1.22 bits per heavy atom. The third-order valence-electron chi connectivity index (χ3n) is 7.24. The van der Waals surface area contributed by atoms with Gasteiger partial charge in [0.2, 0.25) is 5.96 Å². The van der Waals surface area contributed by atoms with Crippen LogP contribution in [0.15, 0.2) is 96.0 Å². The molecule has 4 heterocycles. The number of hydrogen-bond donors (Lipinski definition) is 0. The first-order valence-electron chi connectivity index (χ1n) is 12.8. The van der Waals surface area contributed by atoms with Crippen LogP contribution in [0.1, 0.15) is 12.8 Å². The highest BCUT2D eigenvalue weighted by molar-refractivity contribution is 6.05. The molecule has 0 atom stereocenters. The van der Waals surface area contributed by atoms with Crippen LogP contribution in [0.2, 0.25) is 0 Å². The van der Waals surface area contributed by atoms with E-state index < -0.39 is 0 Å². The van der Waals surface area contributed by atoms with E-state index in [0.29, 0.717) is 0 Å². The summed E-state index contributed by atoms with van der Waals surface area (Å²) in [6.45, 7) is 4.01. The summed E-state index contributed by atoms with van der Waals surface area (Å²) in [5, 5.41) is 2.21. The lowest BCUT2D eigenvalue weighted by atomic mass is 10.0. The molecule has 1 saturated heterocycles. The van der Waals surface area contributed by atoms with Gasteiger partial charge in [-0.05, 0) is 42.2 Å². The molecule has 0 aliphatic carbocycles. The highest BCUT2D eigenvalue weighted by Crippen LogP contribution is 2.30. The average Bonchev–Trinajstić information content (AvgIpc) is 2.97. The molecule has 3 aromatic carbocycles. The molecule has 0 unspecified atom stereocenters. The number of pyridine rings is 2. The second-order valence-electron chi connectivity index (χ2n) is 9.55. The molecular weight excluding hydrogens is 442 g/mol. The van der Waals surface area contributed by atoms with Crippen molar-refractivity contribution in [2.24, 2.45) is 4.99 Å². The number of aliphatic imine (C=N–C) groups is 1. The van der Waals surface area contributed by atoms with Crippen LogP contribution in [0.4, 0.5) is 5.82 Å². The van der Waals surface area contributed by atoms with E-state index in [1.54, 1.807) is 0 Å². The molecule has 2 aliphatic heterocycles. The molecular formula is C31H27N5. The summed E-state index contributed by atoms with van der Waals surface area (Å²) in [6, 6.07) is 32.0.